The average Bonchev–Trinajstić information content (AvgIpc) is 2.98. The second kappa shape index (κ2) is 10.5. The third kappa shape index (κ3) is 9.32. The molecule has 0 aromatic rings. The van der Waals surface area contributed by atoms with E-state index in [9.17, 15) is 9.59 Å². The molecule has 2 aliphatic rings. The van der Waals surface area contributed by atoms with Gasteiger partial charge in [0.2, 0.25) is 0 Å². The lowest BCUT2D eigenvalue weighted by Crippen LogP contribution is -2.16. The third-order valence-corrected chi connectivity index (χ3v) is 3.27. The summed E-state index contributed by atoms with van der Waals surface area (Å²) >= 11 is 0. The van der Waals surface area contributed by atoms with Crippen molar-refractivity contribution in [3.05, 3.63) is 24.3 Å². The number of rotatable bonds is 4. The van der Waals surface area contributed by atoms with Gasteiger partial charge in [-0.3, -0.25) is 9.59 Å². The maximum atomic E-state index is 10.5. The Kier molecular flexibility index (Phi) is 8.87. The fourth-order valence-electron chi connectivity index (χ4n) is 2.16. The van der Waals surface area contributed by atoms with Crippen molar-refractivity contribution < 1.29 is 19.1 Å². The number of allylic oxidation sites excluding steroid dienone is 2. The zero-order valence-corrected chi connectivity index (χ0v) is 13.0. The molecular formula is C17H26O4. The lowest BCUT2D eigenvalue weighted by molar-refractivity contribution is -0.113. The van der Waals surface area contributed by atoms with E-state index in [1.807, 2.05) is 12.2 Å². The van der Waals surface area contributed by atoms with Crippen LogP contribution in [0, 0.1) is 0 Å². The highest BCUT2D eigenvalue weighted by atomic mass is 16.5. The zero-order chi connectivity index (χ0) is 15.5. The molecule has 2 fully saturated rings. The quantitative estimate of drug-likeness (QED) is 0.748. The summed E-state index contributed by atoms with van der Waals surface area (Å²) in [5.74, 6) is 0.190. The summed E-state index contributed by atoms with van der Waals surface area (Å²) in [6.45, 7) is 4.78. The largest absolute Gasteiger partial charge is 0.374 e. The van der Waals surface area contributed by atoms with Crippen LogP contribution in [-0.2, 0) is 19.1 Å². The van der Waals surface area contributed by atoms with Crippen LogP contribution in [0.5, 0.6) is 0 Å². The highest BCUT2D eigenvalue weighted by molar-refractivity contribution is 5.87. The van der Waals surface area contributed by atoms with Crippen molar-refractivity contribution in [3.8, 4) is 0 Å². The van der Waals surface area contributed by atoms with Gasteiger partial charge >= 0.3 is 0 Å². The predicted octanol–water partition coefficient (Wildman–Crippen LogP) is 3.01. The molecule has 0 aromatic carbocycles. The van der Waals surface area contributed by atoms with Crippen LogP contribution in [0.15, 0.2) is 24.3 Å². The van der Waals surface area contributed by atoms with Gasteiger partial charge in [0.1, 0.15) is 0 Å². The number of carbonyl (C=O) groups is 2. The molecule has 4 nitrogen and oxygen atoms in total. The minimum Gasteiger partial charge on any atom is -0.374 e. The van der Waals surface area contributed by atoms with Crippen molar-refractivity contribution in [2.75, 3.05) is 13.2 Å². The van der Waals surface area contributed by atoms with Crippen LogP contribution < -0.4 is 0 Å². The van der Waals surface area contributed by atoms with Crippen molar-refractivity contribution >= 4 is 11.6 Å². The van der Waals surface area contributed by atoms with Crippen molar-refractivity contribution in [2.24, 2.45) is 0 Å². The van der Waals surface area contributed by atoms with Crippen LogP contribution in [-0.4, -0.2) is 37.0 Å². The van der Waals surface area contributed by atoms with Crippen LogP contribution in [0.3, 0.4) is 0 Å². The molecule has 0 saturated carbocycles. The lowest BCUT2D eigenvalue weighted by atomic mass is 10.1. The predicted molar refractivity (Wildman–Crippen MR) is 82.2 cm³/mol. The van der Waals surface area contributed by atoms with Gasteiger partial charge in [0, 0.05) is 13.2 Å². The summed E-state index contributed by atoms with van der Waals surface area (Å²) in [6.07, 6.45) is 12.9. The van der Waals surface area contributed by atoms with E-state index in [2.05, 4.69) is 0 Å². The van der Waals surface area contributed by atoms with Crippen LogP contribution in [0.1, 0.15) is 46.0 Å². The Balaban J connectivity index is 0.000000211. The maximum Gasteiger partial charge on any atom is 0.152 e. The van der Waals surface area contributed by atoms with Gasteiger partial charge < -0.3 is 9.47 Å². The number of hydrogen-bond acceptors (Lipinski definition) is 4. The molecule has 2 rings (SSSR count). The molecule has 4 heteroatoms. The fourth-order valence-corrected chi connectivity index (χ4v) is 2.16. The summed E-state index contributed by atoms with van der Waals surface area (Å²) in [4.78, 5) is 21.0. The van der Waals surface area contributed by atoms with Gasteiger partial charge in [0.05, 0.1) is 12.2 Å². The van der Waals surface area contributed by atoms with E-state index >= 15 is 0 Å². The molecule has 2 heterocycles. The molecule has 2 saturated heterocycles. The first-order chi connectivity index (χ1) is 10.1. The molecule has 2 aliphatic heterocycles. The molecule has 0 aromatic heterocycles. The van der Waals surface area contributed by atoms with E-state index in [0.29, 0.717) is 0 Å². The zero-order valence-electron chi connectivity index (χ0n) is 13.0. The second-order valence-electron chi connectivity index (χ2n) is 5.40. The first-order valence-corrected chi connectivity index (χ1v) is 7.68. The van der Waals surface area contributed by atoms with Gasteiger partial charge in [-0.25, -0.2) is 0 Å². The SMILES string of the molecule is CC(=O)C=CC1CCCCO1.CC(=O)C=CC1CCCO1. The molecule has 2 unspecified atom stereocenters. The first kappa shape index (κ1) is 17.8. The summed E-state index contributed by atoms with van der Waals surface area (Å²) in [5.41, 5.74) is 0. The maximum absolute atomic E-state index is 10.5. The summed E-state index contributed by atoms with van der Waals surface area (Å²) in [5, 5.41) is 0. The Hall–Kier alpha value is -1.26. The summed E-state index contributed by atoms with van der Waals surface area (Å²) in [7, 11) is 0. The van der Waals surface area contributed by atoms with Crippen LogP contribution in [0.25, 0.3) is 0 Å². The highest BCUT2D eigenvalue weighted by Crippen LogP contribution is 2.13. The number of ketones is 2. The van der Waals surface area contributed by atoms with E-state index in [1.165, 1.54) is 6.42 Å². The van der Waals surface area contributed by atoms with E-state index < -0.39 is 0 Å². The van der Waals surface area contributed by atoms with Crippen molar-refractivity contribution in [1.29, 1.82) is 0 Å². The number of carbonyl (C=O) groups excluding carboxylic acids is 2. The Bertz CT molecular complexity index is 372. The van der Waals surface area contributed by atoms with E-state index in [1.54, 1.807) is 26.0 Å². The molecule has 2 atom stereocenters. The Morgan fingerprint density at radius 3 is 1.67 bits per heavy atom. The normalized spacial score (nSPS) is 25.8. The molecule has 0 amide bonds. The van der Waals surface area contributed by atoms with Crippen molar-refractivity contribution in [2.45, 2.75) is 58.2 Å². The second-order valence-corrected chi connectivity index (χ2v) is 5.40. The lowest BCUT2D eigenvalue weighted by Gasteiger charge is -2.18. The number of hydrogen-bond donors (Lipinski definition) is 0. The van der Waals surface area contributed by atoms with Crippen molar-refractivity contribution in [1.82, 2.24) is 0 Å². The minimum absolute atomic E-state index is 0.0931. The number of ether oxygens (including phenoxy) is 2. The van der Waals surface area contributed by atoms with E-state index in [-0.39, 0.29) is 23.8 Å². The molecule has 118 valence electrons. The highest BCUT2D eigenvalue weighted by Gasteiger charge is 2.11. The molecule has 0 aliphatic carbocycles. The average molecular weight is 294 g/mol. The molecule has 0 bridgehead atoms. The third-order valence-electron chi connectivity index (χ3n) is 3.27. The van der Waals surface area contributed by atoms with Gasteiger partial charge in [-0.1, -0.05) is 12.2 Å². The molecule has 0 spiro atoms. The van der Waals surface area contributed by atoms with E-state index in [4.69, 9.17) is 9.47 Å². The summed E-state index contributed by atoms with van der Waals surface area (Å²) < 4.78 is 10.7. The topological polar surface area (TPSA) is 52.6 Å². The van der Waals surface area contributed by atoms with Gasteiger partial charge in [-0.15, -0.1) is 0 Å². The minimum atomic E-state index is 0.0931. The van der Waals surface area contributed by atoms with Crippen LogP contribution >= 0.6 is 0 Å². The first-order valence-electron chi connectivity index (χ1n) is 7.68. The Morgan fingerprint density at radius 2 is 1.29 bits per heavy atom. The van der Waals surface area contributed by atoms with E-state index in [0.717, 1.165) is 38.9 Å². The molecule has 0 N–H and O–H groups in total. The van der Waals surface area contributed by atoms with Crippen LogP contribution in [0.2, 0.25) is 0 Å². The Labute approximate surface area is 127 Å². The Morgan fingerprint density at radius 1 is 0.810 bits per heavy atom. The van der Waals surface area contributed by atoms with Gasteiger partial charge in [0.15, 0.2) is 11.6 Å². The molecular weight excluding hydrogens is 268 g/mol. The summed E-state index contributed by atoms with van der Waals surface area (Å²) in [6, 6.07) is 0. The monoisotopic (exact) mass is 294 g/mol. The van der Waals surface area contributed by atoms with Gasteiger partial charge in [0.25, 0.3) is 0 Å². The van der Waals surface area contributed by atoms with Gasteiger partial charge in [-0.2, -0.15) is 0 Å². The van der Waals surface area contributed by atoms with Gasteiger partial charge in [-0.05, 0) is 58.1 Å². The molecule has 21 heavy (non-hydrogen) atoms. The molecule has 0 radical (unpaired) electrons. The standard InChI is InChI=1S/C9H14O2.C8H12O2/c1-8(10)5-6-9-4-2-3-7-11-9;1-7(9)4-5-8-3-2-6-10-8/h5-6,9H,2-4,7H2,1H3;4-5,8H,2-3,6H2,1H3. The fraction of sp³-hybridized carbons (Fsp3) is 0.647. The van der Waals surface area contributed by atoms with Crippen LogP contribution in [0.4, 0.5) is 0 Å². The smallest absolute Gasteiger partial charge is 0.152 e. The van der Waals surface area contributed by atoms with Crippen molar-refractivity contribution in [3.63, 3.8) is 0 Å².